The van der Waals surface area contributed by atoms with Crippen LogP contribution in [-0.2, 0) is 9.59 Å². The van der Waals surface area contributed by atoms with E-state index in [0.717, 1.165) is 0 Å². The molecule has 1 N–H and O–H groups in total. The van der Waals surface area contributed by atoms with E-state index in [1.807, 2.05) is 20.8 Å². The smallest absolute Gasteiger partial charge is 0.227 e. The maximum atomic E-state index is 12.2. The molecule has 114 valence electrons. The molecular formula is C15H18Cl2N2O2. The average Bonchev–Trinajstić information content (AvgIpc) is 2.69. The van der Waals surface area contributed by atoms with Gasteiger partial charge in [0.25, 0.3) is 0 Å². The molecule has 0 bridgehead atoms. The third-order valence-corrected chi connectivity index (χ3v) is 3.73. The van der Waals surface area contributed by atoms with Crippen LogP contribution < -0.4 is 10.2 Å². The molecule has 2 amide bonds. The van der Waals surface area contributed by atoms with E-state index in [1.54, 1.807) is 23.1 Å². The first-order valence-electron chi connectivity index (χ1n) is 6.75. The van der Waals surface area contributed by atoms with Crippen molar-refractivity contribution in [3.8, 4) is 0 Å². The molecule has 1 aliphatic rings. The molecule has 1 atom stereocenters. The van der Waals surface area contributed by atoms with Gasteiger partial charge >= 0.3 is 0 Å². The monoisotopic (exact) mass is 328 g/mol. The molecular weight excluding hydrogens is 311 g/mol. The molecule has 1 aromatic carbocycles. The summed E-state index contributed by atoms with van der Waals surface area (Å²) < 4.78 is 0. The van der Waals surface area contributed by atoms with E-state index in [2.05, 4.69) is 5.32 Å². The van der Waals surface area contributed by atoms with E-state index in [4.69, 9.17) is 23.2 Å². The maximum absolute atomic E-state index is 12.2. The van der Waals surface area contributed by atoms with E-state index >= 15 is 0 Å². The first-order chi connectivity index (χ1) is 9.67. The Labute approximate surface area is 134 Å². The Balaban J connectivity index is 2.14. The van der Waals surface area contributed by atoms with Crippen LogP contribution in [0.15, 0.2) is 18.2 Å². The Bertz CT molecular complexity index is 582. The second-order valence-corrected chi connectivity index (χ2v) is 7.08. The van der Waals surface area contributed by atoms with Crippen molar-refractivity contribution in [2.75, 3.05) is 11.4 Å². The fraction of sp³-hybridized carbons (Fsp3) is 0.467. The van der Waals surface area contributed by atoms with Crippen molar-refractivity contribution in [2.45, 2.75) is 32.7 Å². The molecule has 1 unspecified atom stereocenters. The molecule has 1 fully saturated rings. The minimum atomic E-state index is -0.358. The molecule has 0 spiro atoms. The average molecular weight is 329 g/mol. The van der Waals surface area contributed by atoms with Gasteiger partial charge in [0, 0.05) is 23.5 Å². The van der Waals surface area contributed by atoms with Crippen molar-refractivity contribution in [3.63, 3.8) is 0 Å². The van der Waals surface area contributed by atoms with Crippen molar-refractivity contribution < 1.29 is 9.59 Å². The van der Waals surface area contributed by atoms with Crippen molar-refractivity contribution in [1.29, 1.82) is 0 Å². The zero-order valence-corrected chi connectivity index (χ0v) is 13.8. The van der Waals surface area contributed by atoms with Crippen molar-refractivity contribution >= 4 is 40.7 Å². The predicted octanol–water partition coefficient (Wildman–Crippen LogP) is 3.26. The lowest BCUT2D eigenvalue weighted by atomic mass is 10.0. The number of hydrogen-bond donors (Lipinski definition) is 1. The summed E-state index contributed by atoms with van der Waals surface area (Å²) in [4.78, 5) is 25.9. The molecule has 2 rings (SSSR count). The first kappa shape index (κ1) is 16.1. The van der Waals surface area contributed by atoms with Gasteiger partial charge in [-0.05, 0) is 39.0 Å². The van der Waals surface area contributed by atoms with E-state index in [1.165, 1.54) is 0 Å². The van der Waals surface area contributed by atoms with Gasteiger partial charge in [0.2, 0.25) is 11.8 Å². The van der Waals surface area contributed by atoms with Gasteiger partial charge in [-0.25, -0.2) is 0 Å². The molecule has 1 aliphatic heterocycles. The van der Waals surface area contributed by atoms with E-state index in [0.29, 0.717) is 22.3 Å². The normalized spacial score (nSPS) is 19.0. The highest BCUT2D eigenvalue weighted by Gasteiger charge is 2.36. The van der Waals surface area contributed by atoms with Crippen LogP contribution in [0.25, 0.3) is 0 Å². The molecule has 0 saturated carbocycles. The third kappa shape index (κ3) is 3.89. The first-order valence-corrected chi connectivity index (χ1v) is 7.50. The lowest BCUT2D eigenvalue weighted by Gasteiger charge is -2.23. The number of amides is 2. The highest BCUT2D eigenvalue weighted by atomic mass is 35.5. The minimum absolute atomic E-state index is 0.103. The van der Waals surface area contributed by atoms with E-state index < -0.39 is 0 Å². The van der Waals surface area contributed by atoms with Crippen molar-refractivity contribution in [1.82, 2.24) is 5.32 Å². The molecule has 0 radical (unpaired) electrons. The second kappa shape index (κ2) is 5.85. The number of nitrogens with zero attached hydrogens (tertiary/aromatic N) is 1. The minimum Gasteiger partial charge on any atom is -0.351 e. The predicted molar refractivity (Wildman–Crippen MR) is 84.8 cm³/mol. The quantitative estimate of drug-likeness (QED) is 0.905. The summed E-state index contributed by atoms with van der Waals surface area (Å²) in [6.45, 7) is 6.07. The number of anilines is 1. The molecule has 4 nitrogen and oxygen atoms in total. The number of carbonyl (C=O) groups excluding carboxylic acids is 2. The number of nitrogens with one attached hydrogen (secondary N) is 1. The fourth-order valence-electron chi connectivity index (χ4n) is 2.29. The Morgan fingerprint density at radius 2 is 2.00 bits per heavy atom. The number of rotatable bonds is 2. The standard InChI is InChI=1S/C15H18Cl2N2O2/c1-15(2,3)18-14(21)9-6-13(20)19(8-9)12-5-4-10(16)7-11(12)17/h4-5,7,9H,6,8H2,1-3H3,(H,18,21). The molecule has 1 aromatic rings. The summed E-state index contributed by atoms with van der Waals surface area (Å²) in [5.41, 5.74) is 0.281. The summed E-state index contributed by atoms with van der Waals surface area (Å²) in [6, 6.07) is 4.97. The Morgan fingerprint density at radius 1 is 1.33 bits per heavy atom. The van der Waals surface area contributed by atoms with Crippen molar-refractivity contribution in [3.05, 3.63) is 28.2 Å². The Kier molecular flexibility index (Phi) is 4.49. The molecule has 21 heavy (non-hydrogen) atoms. The summed E-state index contributed by atoms with van der Waals surface area (Å²) in [6.07, 6.45) is 0.195. The van der Waals surface area contributed by atoms with Crippen molar-refractivity contribution in [2.24, 2.45) is 5.92 Å². The van der Waals surface area contributed by atoms with Crippen LogP contribution in [0.4, 0.5) is 5.69 Å². The zero-order chi connectivity index (χ0) is 15.8. The summed E-state index contributed by atoms with van der Waals surface area (Å²) in [5.74, 6) is -0.569. The lowest BCUT2D eigenvalue weighted by Crippen LogP contribution is -2.44. The lowest BCUT2D eigenvalue weighted by molar-refractivity contribution is -0.127. The number of halogens is 2. The summed E-state index contributed by atoms with van der Waals surface area (Å²) in [5, 5.41) is 3.83. The summed E-state index contributed by atoms with van der Waals surface area (Å²) in [7, 11) is 0. The molecule has 0 aromatic heterocycles. The SMILES string of the molecule is CC(C)(C)NC(=O)C1CC(=O)N(c2ccc(Cl)cc2Cl)C1. The molecule has 1 heterocycles. The second-order valence-electron chi connectivity index (χ2n) is 6.24. The molecule has 0 aliphatic carbocycles. The summed E-state index contributed by atoms with van der Waals surface area (Å²) >= 11 is 12.0. The maximum Gasteiger partial charge on any atom is 0.227 e. The number of hydrogen-bond acceptors (Lipinski definition) is 2. The third-order valence-electron chi connectivity index (χ3n) is 3.19. The Hall–Kier alpha value is -1.26. The number of carbonyl (C=O) groups is 2. The van der Waals surface area contributed by atoms with Crippen LogP contribution in [0.1, 0.15) is 27.2 Å². The van der Waals surface area contributed by atoms with Crippen LogP contribution in [-0.4, -0.2) is 23.9 Å². The van der Waals surface area contributed by atoms with Crippen LogP contribution in [0.2, 0.25) is 10.0 Å². The van der Waals surface area contributed by atoms with Crippen LogP contribution >= 0.6 is 23.2 Å². The molecule has 6 heteroatoms. The fourth-order valence-corrected chi connectivity index (χ4v) is 2.80. The highest BCUT2D eigenvalue weighted by Crippen LogP contribution is 2.33. The van der Waals surface area contributed by atoms with Gasteiger partial charge in [-0.2, -0.15) is 0 Å². The largest absolute Gasteiger partial charge is 0.351 e. The number of benzene rings is 1. The van der Waals surface area contributed by atoms with Gasteiger partial charge in [0.1, 0.15) is 0 Å². The van der Waals surface area contributed by atoms with Gasteiger partial charge in [-0.15, -0.1) is 0 Å². The van der Waals surface area contributed by atoms with Gasteiger partial charge < -0.3 is 10.2 Å². The topological polar surface area (TPSA) is 49.4 Å². The highest BCUT2D eigenvalue weighted by molar-refractivity contribution is 6.36. The van der Waals surface area contributed by atoms with Gasteiger partial charge in [-0.3, -0.25) is 9.59 Å². The van der Waals surface area contributed by atoms with Gasteiger partial charge in [0.15, 0.2) is 0 Å². The molecule has 1 saturated heterocycles. The van der Waals surface area contributed by atoms with Gasteiger partial charge in [-0.1, -0.05) is 23.2 Å². The van der Waals surface area contributed by atoms with E-state index in [-0.39, 0.29) is 29.7 Å². The Morgan fingerprint density at radius 3 is 2.57 bits per heavy atom. The zero-order valence-electron chi connectivity index (χ0n) is 12.2. The van der Waals surface area contributed by atoms with Crippen LogP contribution in [0.5, 0.6) is 0 Å². The van der Waals surface area contributed by atoms with Crippen LogP contribution in [0, 0.1) is 5.92 Å². The van der Waals surface area contributed by atoms with Gasteiger partial charge in [0.05, 0.1) is 16.6 Å². The van der Waals surface area contributed by atoms with Crippen LogP contribution in [0.3, 0.4) is 0 Å². The van der Waals surface area contributed by atoms with E-state index in [9.17, 15) is 9.59 Å².